The molecule has 2 amide bonds. The fourth-order valence-electron chi connectivity index (χ4n) is 3.90. The number of carbonyl (C=O) groups excluding carboxylic acids is 2. The second kappa shape index (κ2) is 15.8. The fourth-order valence-corrected chi connectivity index (χ4v) is 3.90. The second-order valence-electron chi connectivity index (χ2n) is 8.28. The van der Waals surface area contributed by atoms with Crippen LogP contribution in [-0.4, -0.2) is 50.7 Å². The van der Waals surface area contributed by atoms with E-state index in [1.807, 2.05) is 44.3 Å². The molecule has 6 nitrogen and oxygen atoms in total. The fraction of sp³-hybridized carbons (Fsp3) is 0.680. The molecular formula is C25H43N3O3. The van der Waals surface area contributed by atoms with Crippen molar-refractivity contribution in [3.63, 3.8) is 0 Å². The summed E-state index contributed by atoms with van der Waals surface area (Å²) in [5, 5.41) is 9.27. The molecule has 4 atom stereocenters. The lowest BCUT2D eigenvalue weighted by Gasteiger charge is -2.31. The number of hydrogen-bond acceptors (Lipinski definition) is 4. The first-order valence-electron chi connectivity index (χ1n) is 11.8. The van der Waals surface area contributed by atoms with Crippen molar-refractivity contribution >= 4 is 11.8 Å². The molecule has 0 aliphatic carbocycles. The first-order valence-corrected chi connectivity index (χ1v) is 11.8. The lowest BCUT2D eigenvalue weighted by atomic mass is 9.93. The molecule has 0 aliphatic heterocycles. The van der Waals surface area contributed by atoms with Crippen molar-refractivity contribution in [1.29, 1.82) is 0 Å². The summed E-state index contributed by atoms with van der Waals surface area (Å²) in [4.78, 5) is 26.0. The van der Waals surface area contributed by atoms with Crippen LogP contribution in [0.5, 0.6) is 0 Å². The van der Waals surface area contributed by atoms with Gasteiger partial charge >= 0.3 is 0 Å². The van der Waals surface area contributed by atoms with Gasteiger partial charge < -0.3 is 20.7 Å². The first kappa shape index (κ1) is 27.1. The standard InChI is InChI=1S/C25H43N3O3/c1-6-8-9-13-17-27-25(30)22(18-20-15-11-10-12-16-20)28-24(29)19(3)23(31-5)21(26-4)14-7-2/h10-12,15-16,19,21-23,26H,6-9,13-14,17-18H2,1-5H3,(H,27,30)(H,28,29). The molecule has 0 bridgehead atoms. The van der Waals surface area contributed by atoms with E-state index in [4.69, 9.17) is 4.74 Å². The number of unbranched alkanes of at least 4 members (excludes halogenated alkanes) is 3. The van der Waals surface area contributed by atoms with E-state index < -0.39 is 6.04 Å². The Balaban J connectivity index is 2.83. The van der Waals surface area contributed by atoms with Crippen LogP contribution in [0.1, 0.15) is 64.9 Å². The van der Waals surface area contributed by atoms with Gasteiger partial charge in [0.1, 0.15) is 6.04 Å². The number of likely N-dealkylation sites (N-methyl/N-ethyl adjacent to an activating group) is 1. The molecule has 0 aromatic heterocycles. The maximum atomic E-state index is 13.1. The molecule has 0 aliphatic rings. The molecule has 0 spiro atoms. The van der Waals surface area contributed by atoms with Gasteiger partial charge in [-0.1, -0.05) is 76.8 Å². The van der Waals surface area contributed by atoms with E-state index in [0.717, 1.165) is 37.7 Å². The maximum Gasteiger partial charge on any atom is 0.242 e. The monoisotopic (exact) mass is 433 g/mol. The van der Waals surface area contributed by atoms with Gasteiger partial charge in [0.15, 0.2) is 0 Å². The Kier molecular flexibility index (Phi) is 13.8. The number of methoxy groups -OCH3 is 1. The zero-order chi connectivity index (χ0) is 23.1. The number of benzene rings is 1. The molecule has 6 heteroatoms. The van der Waals surface area contributed by atoms with Crippen molar-refractivity contribution in [2.24, 2.45) is 5.92 Å². The minimum Gasteiger partial charge on any atom is -0.379 e. The molecule has 1 aromatic rings. The summed E-state index contributed by atoms with van der Waals surface area (Å²) in [6.45, 7) is 6.78. The van der Waals surface area contributed by atoms with Crippen LogP contribution in [0.2, 0.25) is 0 Å². The Hall–Kier alpha value is -1.92. The third kappa shape index (κ3) is 9.83. The van der Waals surface area contributed by atoms with Gasteiger partial charge in [-0.25, -0.2) is 0 Å². The van der Waals surface area contributed by atoms with Crippen molar-refractivity contribution in [3.8, 4) is 0 Å². The lowest BCUT2D eigenvalue weighted by Crippen LogP contribution is -2.53. The van der Waals surface area contributed by atoms with E-state index in [0.29, 0.717) is 13.0 Å². The predicted octanol–water partition coefficient (Wildman–Crippen LogP) is 3.45. The van der Waals surface area contributed by atoms with Crippen LogP contribution in [0, 0.1) is 5.92 Å². The molecule has 1 rings (SSSR count). The van der Waals surface area contributed by atoms with Crippen molar-refractivity contribution < 1.29 is 14.3 Å². The van der Waals surface area contributed by atoms with E-state index in [1.165, 1.54) is 6.42 Å². The number of carbonyl (C=O) groups is 2. The summed E-state index contributed by atoms with van der Waals surface area (Å²) in [6, 6.07) is 9.27. The summed E-state index contributed by atoms with van der Waals surface area (Å²) in [5.41, 5.74) is 1.02. The number of hydrogen-bond donors (Lipinski definition) is 3. The highest BCUT2D eigenvalue weighted by Gasteiger charge is 2.32. The van der Waals surface area contributed by atoms with Crippen LogP contribution in [0.4, 0.5) is 0 Å². The van der Waals surface area contributed by atoms with Crippen LogP contribution in [0.3, 0.4) is 0 Å². The van der Waals surface area contributed by atoms with Gasteiger partial charge in [-0.15, -0.1) is 0 Å². The summed E-state index contributed by atoms with van der Waals surface area (Å²) in [7, 11) is 3.53. The Morgan fingerprint density at radius 1 is 1.00 bits per heavy atom. The lowest BCUT2D eigenvalue weighted by molar-refractivity contribution is -0.134. The van der Waals surface area contributed by atoms with Gasteiger partial charge in [-0.2, -0.15) is 0 Å². The van der Waals surface area contributed by atoms with E-state index in [9.17, 15) is 9.59 Å². The topological polar surface area (TPSA) is 79.5 Å². The van der Waals surface area contributed by atoms with E-state index in [-0.39, 0.29) is 29.9 Å². The predicted molar refractivity (Wildman–Crippen MR) is 127 cm³/mol. The Bertz CT molecular complexity index is 624. The van der Waals surface area contributed by atoms with Gasteiger partial charge in [0.05, 0.1) is 12.0 Å². The summed E-state index contributed by atoms with van der Waals surface area (Å²) < 4.78 is 5.68. The molecule has 0 saturated heterocycles. The van der Waals surface area contributed by atoms with Gasteiger partial charge in [-0.3, -0.25) is 9.59 Å². The number of ether oxygens (including phenoxy) is 1. The minimum atomic E-state index is -0.611. The summed E-state index contributed by atoms with van der Waals surface area (Å²) in [6.07, 6.45) is 6.48. The first-order chi connectivity index (χ1) is 15.0. The molecule has 176 valence electrons. The van der Waals surface area contributed by atoms with Crippen LogP contribution < -0.4 is 16.0 Å². The molecule has 0 radical (unpaired) electrons. The van der Waals surface area contributed by atoms with Gasteiger partial charge in [0.2, 0.25) is 11.8 Å². The average Bonchev–Trinajstić information content (AvgIpc) is 2.78. The average molecular weight is 434 g/mol. The number of amides is 2. The highest BCUT2D eigenvalue weighted by Crippen LogP contribution is 2.16. The summed E-state index contributed by atoms with van der Waals surface area (Å²) in [5.74, 6) is -0.677. The van der Waals surface area contributed by atoms with Gasteiger partial charge in [0.25, 0.3) is 0 Å². The van der Waals surface area contributed by atoms with Crippen molar-refractivity contribution in [2.45, 2.75) is 83.9 Å². The van der Waals surface area contributed by atoms with Crippen LogP contribution >= 0.6 is 0 Å². The van der Waals surface area contributed by atoms with Crippen molar-refractivity contribution in [3.05, 3.63) is 35.9 Å². The highest BCUT2D eigenvalue weighted by molar-refractivity contribution is 5.88. The number of nitrogens with one attached hydrogen (secondary N) is 3. The molecule has 4 unspecified atom stereocenters. The molecule has 0 fully saturated rings. The Morgan fingerprint density at radius 2 is 1.71 bits per heavy atom. The zero-order valence-corrected chi connectivity index (χ0v) is 20.1. The van der Waals surface area contributed by atoms with Crippen molar-refractivity contribution in [2.75, 3.05) is 20.7 Å². The van der Waals surface area contributed by atoms with E-state index in [1.54, 1.807) is 7.11 Å². The van der Waals surface area contributed by atoms with Crippen LogP contribution in [0.25, 0.3) is 0 Å². The zero-order valence-electron chi connectivity index (χ0n) is 20.1. The molecule has 31 heavy (non-hydrogen) atoms. The SMILES string of the molecule is CCCCCCNC(=O)C(Cc1ccccc1)NC(=O)C(C)C(OC)C(CCC)NC. The number of rotatable bonds is 16. The molecule has 0 heterocycles. The third-order valence-electron chi connectivity index (χ3n) is 5.79. The maximum absolute atomic E-state index is 13.1. The van der Waals surface area contributed by atoms with Gasteiger partial charge in [0, 0.05) is 26.1 Å². The summed E-state index contributed by atoms with van der Waals surface area (Å²) >= 11 is 0. The minimum absolute atomic E-state index is 0.0794. The normalized spacial score (nSPS) is 15.0. The Morgan fingerprint density at radius 3 is 2.29 bits per heavy atom. The molecule has 1 aromatic carbocycles. The van der Waals surface area contributed by atoms with E-state index >= 15 is 0 Å². The molecule has 0 saturated carbocycles. The third-order valence-corrected chi connectivity index (χ3v) is 5.79. The largest absolute Gasteiger partial charge is 0.379 e. The smallest absolute Gasteiger partial charge is 0.242 e. The molecular weight excluding hydrogens is 390 g/mol. The van der Waals surface area contributed by atoms with Gasteiger partial charge in [-0.05, 0) is 25.5 Å². The van der Waals surface area contributed by atoms with Crippen LogP contribution in [0.15, 0.2) is 30.3 Å². The van der Waals surface area contributed by atoms with E-state index in [2.05, 4.69) is 29.8 Å². The molecule has 3 N–H and O–H groups in total. The van der Waals surface area contributed by atoms with Crippen molar-refractivity contribution in [1.82, 2.24) is 16.0 Å². The highest BCUT2D eigenvalue weighted by atomic mass is 16.5. The Labute approximate surface area is 188 Å². The second-order valence-corrected chi connectivity index (χ2v) is 8.28. The quantitative estimate of drug-likeness (QED) is 0.349. The van der Waals surface area contributed by atoms with Crippen LogP contribution in [-0.2, 0) is 20.7 Å².